The number of benzene rings is 1. The smallest absolute Gasteiger partial charge is 0.451 e. The van der Waals surface area contributed by atoms with Gasteiger partial charge in [-0.25, -0.2) is 9.97 Å². The Kier molecular flexibility index (Phi) is 3.73. The maximum atomic E-state index is 12.7. The molecule has 106 valence electrons. The van der Waals surface area contributed by atoms with Crippen LogP contribution in [0.1, 0.15) is 5.82 Å². The van der Waals surface area contributed by atoms with Crippen LogP contribution in [0.25, 0.3) is 10.9 Å². The molecule has 1 aromatic heterocycles. The van der Waals surface area contributed by atoms with Crippen molar-refractivity contribution in [1.29, 1.82) is 0 Å². The van der Waals surface area contributed by atoms with Gasteiger partial charge in [-0.2, -0.15) is 13.2 Å². The predicted octanol–water partition coefficient (Wildman–Crippen LogP) is 2.23. The number of fused-ring (bicyclic) bond motifs is 1. The highest BCUT2D eigenvalue weighted by molar-refractivity contribution is 5.90. The van der Waals surface area contributed by atoms with Crippen LogP contribution < -0.4 is 5.32 Å². The van der Waals surface area contributed by atoms with E-state index in [-0.39, 0.29) is 17.9 Å². The van der Waals surface area contributed by atoms with E-state index >= 15 is 0 Å². The lowest BCUT2D eigenvalue weighted by Gasteiger charge is -2.11. The number of carbonyl (C=O) groups excluding carboxylic acids is 1. The van der Waals surface area contributed by atoms with Crippen LogP contribution in [0, 0.1) is 0 Å². The number of esters is 1. The summed E-state index contributed by atoms with van der Waals surface area (Å²) in [5, 5.41) is 2.92. The van der Waals surface area contributed by atoms with Gasteiger partial charge in [0, 0.05) is 5.39 Å². The number of methoxy groups -OCH3 is 1. The first kappa shape index (κ1) is 14.0. The first-order valence-corrected chi connectivity index (χ1v) is 5.56. The summed E-state index contributed by atoms with van der Waals surface area (Å²) < 4.78 is 42.6. The Morgan fingerprint density at radius 3 is 2.65 bits per heavy atom. The number of hydrogen-bond donors (Lipinski definition) is 1. The zero-order valence-corrected chi connectivity index (χ0v) is 10.4. The van der Waals surface area contributed by atoms with Gasteiger partial charge >= 0.3 is 12.1 Å². The fourth-order valence-electron chi connectivity index (χ4n) is 1.57. The third-order valence-corrected chi connectivity index (χ3v) is 2.48. The van der Waals surface area contributed by atoms with E-state index in [1.54, 1.807) is 18.2 Å². The van der Waals surface area contributed by atoms with E-state index in [0.29, 0.717) is 5.39 Å². The van der Waals surface area contributed by atoms with Crippen molar-refractivity contribution >= 4 is 22.7 Å². The Morgan fingerprint density at radius 1 is 1.30 bits per heavy atom. The number of halogens is 3. The summed E-state index contributed by atoms with van der Waals surface area (Å²) >= 11 is 0. The van der Waals surface area contributed by atoms with Gasteiger partial charge < -0.3 is 10.1 Å². The van der Waals surface area contributed by atoms with Crippen molar-refractivity contribution in [3.63, 3.8) is 0 Å². The average Bonchev–Trinajstić information content (AvgIpc) is 2.43. The van der Waals surface area contributed by atoms with E-state index in [2.05, 4.69) is 20.0 Å². The molecule has 5 nitrogen and oxygen atoms in total. The van der Waals surface area contributed by atoms with Gasteiger partial charge in [-0.3, -0.25) is 4.79 Å². The minimum absolute atomic E-state index is 0.0617. The zero-order valence-electron chi connectivity index (χ0n) is 10.4. The van der Waals surface area contributed by atoms with Crippen LogP contribution in [0.3, 0.4) is 0 Å². The number of nitrogens with zero attached hydrogens (tertiary/aromatic N) is 2. The molecule has 0 atom stereocenters. The summed E-state index contributed by atoms with van der Waals surface area (Å²) in [6, 6.07) is 6.21. The molecule has 0 aliphatic heterocycles. The molecule has 0 aliphatic rings. The van der Waals surface area contributed by atoms with Crippen LogP contribution in [0.2, 0.25) is 0 Å². The Hall–Kier alpha value is -2.38. The number of carbonyl (C=O) groups is 1. The van der Waals surface area contributed by atoms with Crippen LogP contribution in [-0.4, -0.2) is 29.6 Å². The third-order valence-electron chi connectivity index (χ3n) is 2.48. The second-order valence-corrected chi connectivity index (χ2v) is 3.84. The number of hydrogen-bond acceptors (Lipinski definition) is 5. The molecule has 1 aromatic carbocycles. The van der Waals surface area contributed by atoms with Gasteiger partial charge in [-0.05, 0) is 12.1 Å². The summed E-state index contributed by atoms with van der Waals surface area (Å²) in [6.07, 6.45) is -4.66. The molecule has 1 heterocycles. The number of para-hydroxylation sites is 1. The molecular formula is C12H10F3N3O2. The van der Waals surface area contributed by atoms with Crippen LogP contribution in [0.5, 0.6) is 0 Å². The molecule has 0 amide bonds. The van der Waals surface area contributed by atoms with Gasteiger partial charge in [0.1, 0.15) is 12.4 Å². The number of alkyl halides is 3. The summed E-state index contributed by atoms with van der Waals surface area (Å²) in [7, 11) is 1.18. The predicted molar refractivity (Wildman–Crippen MR) is 65.0 cm³/mol. The summed E-state index contributed by atoms with van der Waals surface area (Å²) in [6.45, 7) is -0.283. The van der Waals surface area contributed by atoms with Gasteiger partial charge in [0.15, 0.2) is 0 Å². The van der Waals surface area contributed by atoms with Crippen molar-refractivity contribution < 1.29 is 22.7 Å². The maximum Gasteiger partial charge on any atom is 0.451 e. The van der Waals surface area contributed by atoms with Crippen LogP contribution >= 0.6 is 0 Å². The van der Waals surface area contributed by atoms with Gasteiger partial charge in [-0.1, -0.05) is 12.1 Å². The van der Waals surface area contributed by atoms with Gasteiger partial charge in [-0.15, -0.1) is 0 Å². The molecule has 0 radical (unpaired) electrons. The Bertz CT molecular complexity index is 643. The third kappa shape index (κ3) is 2.95. The molecule has 0 saturated heterocycles. The average molecular weight is 285 g/mol. The van der Waals surface area contributed by atoms with Gasteiger partial charge in [0.25, 0.3) is 0 Å². The number of nitrogens with one attached hydrogen (secondary N) is 1. The molecule has 0 spiro atoms. The molecule has 8 heteroatoms. The van der Waals surface area contributed by atoms with Crippen LogP contribution in [0.4, 0.5) is 19.0 Å². The number of anilines is 1. The molecule has 1 N–H and O–H groups in total. The van der Waals surface area contributed by atoms with Gasteiger partial charge in [0.2, 0.25) is 5.82 Å². The molecule has 2 aromatic rings. The van der Waals surface area contributed by atoms with Crippen molar-refractivity contribution in [2.24, 2.45) is 0 Å². The largest absolute Gasteiger partial charge is 0.468 e. The van der Waals surface area contributed by atoms with E-state index in [9.17, 15) is 18.0 Å². The van der Waals surface area contributed by atoms with E-state index in [4.69, 9.17) is 0 Å². The number of rotatable bonds is 3. The topological polar surface area (TPSA) is 64.1 Å². The maximum absolute atomic E-state index is 12.7. The number of aromatic nitrogens is 2. The minimum Gasteiger partial charge on any atom is -0.468 e. The van der Waals surface area contributed by atoms with Crippen molar-refractivity contribution in [2.45, 2.75) is 6.18 Å². The first-order valence-electron chi connectivity index (χ1n) is 5.56. The SMILES string of the molecule is COC(=O)CNc1nc(C(F)(F)F)nc2ccccc12. The summed E-state index contributed by atoms with van der Waals surface area (Å²) in [5.74, 6) is -1.93. The van der Waals surface area contributed by atoms with Crippen molar-refractivity contribution in [1.82, 2.24) is 9.97 Å². The minimum atomic E-state index is -4.66. The summed E-state index contributed by atoms with van der Waals surface area (Å²) in [5.41, 5.74) is 0.141. The molecule has 2 rings (SSSR count). The second kappa shape index (κ2) is 5.32. The molecule has 0 unspecified atom stereocenters. The van der Waals surface area contributed by atoms with E-state index in [0.717, 1.165) is 0 Å². The van der Waals surface area contributed by atoms with Crippen molar-refractivity contribution in [2.75, 3.05) is 19.0 Å². The molecule has 0 fully saturated rings. The summed E-state index contributed by atoms with van der Waals surface area (Å²) in [4.78, 5) is 17.9. The standard InChI is InChI=1S/C12H10F3N3O2/c1-20-9(19)6-16-10-7-4-2-3-5-8(7)17-11(18-10)12(13,14)15/h2-5H,6H2,1H3,(H,16,17,18). The fraction of sp³-hybridized carbons (Fsp3) is 0.250. The molecule has 0 saturated carbocycles. The van der Waals surface area contributed by atoms with Crippen LogP contribution in [0.15, 0.2) is 24.3 Å². The molecule has 20 heavy (non-hydrogen) atoms. The zero-order chi connectivity index (χ0) is 14.8. The lowest BCUT2D eigenvalue weighted by Crippen LogP contribution is -2.18. The van der Waals surface area contributed by atoms with Crippen LogP contribution in [-0.2, 0) is 15.7 Å². The Labute approximate surface area is 111 Å². The van der Waals surface area contributed by atoms with E-state index in [1.165, 1.54) is 13.2 Å². The molecule has 0 bridgehead atoms. The van der Waals surface area contributed by atoms with Crippen molar-refractivity contribution in [3.8, 4) is 0 Å². The van der Waals surface area contributed by atoms with Gasteiger partial charge in [0.05, 0.1) is 12.6 Å². The quantitative estimate of drug-likeness (QED) is 0.876. The Balaban J connectivity index is 2.47. The molecular weight excluding hydrogens is 275 g/mol. The van der Waals surface area contributed by atoms with E-state index in [1.807, 2.05) is 0 Å². The lowest BCUT2D eigenvalue weighted by molar-refractivity contribution is -0.144. The highest BCUT2D eigenvalue weighted by atomic mass is 19.4. The fourth-order valence-corrected chi connectivity index (χ4v) is 1.57. The Morgan fingerprint density at radius 2 is 2.00 bits per heavy atom. The number of ether oxygens (including phenoxy) is 1. The van der Waals surface area contributed by atoms with E-state index < -0.39 is 18.0 Å². The normalized spacial score (nSPS) is 11.4. The second-order valence-electron chi connectivity index (χ2n) is 3.84. The first-order chi connectivity index (χ1) is 9.41. The monoisotopic (exact) mass is 285 g/mol. The highest BCUT2D eigenvalue weighted by Crippen LogP contribution is 2.30. The highest BCUT2D eigenvalue weighted by Gasteiger charge is 2.35. The van der Waals surface area contributed by atoms with Crippen molar-refractivity contribution in [3.05, 3.63) is 30.1 Å². The lowest BCUT2D eigenvalue weighted by atomic mass is 10.2. The molecule has 0 aliphatic carbocycles.